The highest BCUT2D eigenvalue weighted by atomic mass is 16.3. The molecule has 0 saturated carbocycles. The molecule has 0 atom stereocenters. The lowest BCUT2D eigenvalue weighted by atomic mass is 10.1. The van der Waals surface area contributed by atoms with Gasteiger partial charge in [-0.2, -0.15) is 0 Å². The fourth-order valence-corrected chi connectivity index (χ4v) is 4.96. The number of hydrogen-bond donors (Lipinski definition) is 4. The lowest BCUT2D eigenvalue weighted by Crippen LogP contribution is -2.44. The smallest absolute Gasteiger partial charge is 0.364 e. The lowest BCUT2D eigenvalue weighted by Gasteiger charge is -2.34. The molecule has 3 aromatic rings. The van der Waals surface area contributed by atoms with Crippen molar-refractivity contribution in [2.24, 2.45) is 10.2 Å². The van der Waals surface area contributed by atoms with E-state index in [1.54, 1.807) is 12.1 Å². The second-order valence-corrected chi connectivity index (χ2v) is 9.46. The number of amides is 3. The zero-order valence-corrected chi connectivity index (χ0v) is 21.2. The minimum atomic E-state index is -0.833. The summed E-state index contributed by atoms with van der Waals surface area (Å²) in [6.45, 7) is 4.03. The Hall–Kier alpha value is -5.03. The summed E-state index contributed by atoms with van der Waals surface area (Å²) in [7, 11) is 2.13. The third kappa shape index (κ3) is 4.59. The number of azo groups is 1. The van der Waals surface area contributed by atoms with Crippen LogP contribution in [-0.4, -0.2) is 70.4 Å². The fraction of sp³-hybridized carbons (Fsp3) is 0.179. The van der Waals surface area contributed by atoms with Crippen molar-refractivity contribution in [2.75, 3.05) is 43.4 Å². The second-order valence-electron chi connectivity index (χ2n) is 9.46. The number of fused-ring (bicyclic) bond motifs is 3. The molecule has 2 aliphatic heterocycles. The number of nitrogens with zero attached hydrogens (tertiary/aromatic N) is 5. The number of H-pyrrole nitrogens is 2. The van der Waals surface area contributed by atoms with Gasteiger partial charge in [0.15, 0.2) is 0 Å². The van der Waals surface area contributed by atoms with Crippen molar-refractivity contribution in [2.45, 2.75) is 0 Å². The number of hydrogen-bond acceptors (Lipinski definition) is 6. The van der Waals surface area contributed by atoms with Crippen LogP contribution in [0.4, 0.5) is 16.2 Å². The number of nitrogens with one attached hydrogen (secondary N) is 3. The van der Waals surface area contributed by atoms with Gasteiger partial charge < -0.3 is 20.2 Å². The summed E-state index contributed by atoms with van der Waals surface area (Å²) >= 11 is 0. The topological polar surface area (TPSA) is 142 Å². The Bertz CT molecular complexity index is 1650. The van der Waals surface area contributed by atoms with Crippen LogP contribution in [0.1, 0.15) is 10.4 Å². The van der Waals surface area contributed by atoms with Gasteiger partial charge in [0.05, 0.1) is 28.0 Å². The number of carbonyl (C=O) groups is 2. The van der Waals surface area contributed by atoms with E-state index >= 15 is 0 Å². The second kappa shape index (κ2) is 10.0. The number of carbonyl (C=O) groups excluding carboxylic acids is 2. The number of anilines is 2. The molecule has 3 amide bonds. The third-order valence-corrected chi connectivity index (χ3v) is 7.04. The van der Waals surface area contributed by atoms with E-state index in [0.29, 0.717) is 22.3 Å². The molecule has 4 N–H and O–H groups in total. The Morgan fingerprint density at radius 1 is 0.923 bits per heavy atom. The molecule has 11 nitrogen and oxygen atoms in total. The number of likely N-dealkylation sites (N-methyl/N-ethyl adjacent to an activating group) is 1. The predicted octanol–water partition coefficient (Wildman–Crippen LogP) is 4.94. The fourth-order valence-electron chi connectivity index (χ4n) is 4.96. The van der Waals surface area contributed by atoms with Crippen LogP contribution in [0.2, 0.25) is 0 Å². The first-order chi connectivity index (χ1) is 19.0. The number of rotatable bonds is 4. The molecule has 11 heteroatoms. The Balaban J connectivity index is 1.27. The first-order valence-electron chi connectivity index (χ1n) is 12.5. The van der Waals surface area contributed by atoms with E-state index in [9.17, 15) is 14.7 Å². The van der Waals surface area contributed by atoms with Crippen molar-refractivity contribution in [1.29, 1.82) is 0 Å². The van der Waals surface area contributed by atoms with Crippen LogP contribution < -0.4 is 10.2 Å². The van der Waals surface area contributed by atoms with E-state index in [0.717, 1.165) is 48.5 Å². The molecule has 0 radical (unpaired) electrons. The summed E-state index contributed by atoms with van der Waals surface area (Å²) in [5.74, 6) is -0.634. The van der Waals surface area contributed by atoms with Crippen LogP contribution in [0.5, 0.6) is 5.75 Å². The molecule has 0 spiro atoms. The van der Waals surface area contributed by atoms with E-state index in [-0.39, 0.29) is 11.3 Å². The third-order valence-electron chi connectivity index (χ3n) is 7.04. The largest absolute Gasteiger partial charge is 0.506 e. The van der Waals surface area contributed by atoms with Crippen molar-refractivity contribution in [3.8, 4) is 28.3 Å². The van der Waals surface area contributed by atoms with Crippen molar-refractivity contribution in [3.05, 3.63) is 72.6 Å². The lowest BCUT2D eigenvalue weighted by molar-refractivity contribution is 0.0994. The molecule has 1 aliphatic carbocycles. The van der Waals surface area contributed by atoms with E-state index in [2.05, 4.69) is 59.7 Å². The zero-order valence-electron chi connectivity index (χ0n) is 21.2. The molecule has 196 valence electrons. The van der Waals surface area contributed by atoms with Gasteiger partial charge in [-0.3, -0.25) is 20.0 Å². The van der Waals surface area contributed by atoms with Crippen LogP contribution in [-0.2, 0) is 0 Å². The molecule has 2 aromatic carbocycles. The average molecular weight is 523 g/mol. The SMILES string of the molecule is CN1CCN(c2ccc(-c3[nH][nH]c4c5cccc(NC(=O)N=NC(=O)c6ccncc6)c5c(O)c3-4)cc2)CC1. The highest BCUT2D eigenvalue weighted by Crippen LogP contribution is 2.50. The van der Waals surface area contributed by atoms with Crippen molar-refractivity contribution in [1.82, 2.24) is 20.1 Å². The quantitative estimate of drug-likeness (QED) is 0.246. The van der Waals surface area contributed by atoms with Gasteiger partial charge >= 0.3 is 6.03 Å². The molecule has 6 rings (SSSR count). The van der Waals surface area contributed by atoms with Crippen LogP contribution >= 0.6 is 0 Å². The minimum absolute atomic E-state index is 0.0244. The maximum Gasteiger partial charge on any atom is 0.364 e. The number of aromatic nitrogens is 3. The van der Waals surface area contributed by atoms with E-state index in [1.165, 1.54) is 24.5 Å². The Labute approximate surface area is 223 Å². The minimum Gasteiger partial charge on any atom is -0.506 e. The van der Waals surface area contributed by atoms with Crippen LogP contribution in [0.3, 0.4) is 0 Å². The maximum absolute atomic E-state index is 12.5. The summed E-state index contributed by atoms with van der Waals surface area (Å²) < 4.78 is 0. The van der Waals surface area contributed by atoms with Crippen LogP contribution in [0.15, 0.2) is 77.2 Å². The molecule has 1 saturated heterocycles. The average Bonchev–Trinajstić information content (AvgIpc) is 3.53. The molecule has 3 aliphatic rings. The molecule has 3 heterocycles. The van der Waals surface area contributed by atoms with Gasteiger partial charge in [0, 0.05) is 60.8 Å². The molecule has 0 unspecified atom stereocenters. The Morgan fingerprint density at radius 3 is 2.38 bits per heavy atom. The molecule has 1 aromatic heterocycles. The summed E-state index contributed by atoms with van der Waals surface area (Å²) in [5, 5.41) is 28.5. The van der Waals surface area contributed by atoms with Crippen molar-refractivity contribution >= 4 is 34.1 Å². The number of aromatic hydroxyl groups is 1. The normalized spacial score (nSPS) is 14.4. The van der Waals surface area contributed by atoms with Crippen LogP contribution in [0.25, 0.3) is 33.3 Å². The van der Waals surface area contributed by atoms with Gasteiger partial charge in [-0.05, 0) is 37.4 Å². The number of aromatic amines is 2. The molecule has 1 fully saturated rings. The summed E-state index contributed by atoms with van der Waals surface area (Å²) in [6, 6.07) is 15.7. The monoisotopic (exact) mass is 522 g/mol. The molecule has 39 heavy (non-hydrogen) atoms. The Morgan fingerprint density at radius 2 is 1.64 bits per heavy atom. The maximum atomic E-state index is 12.5. The molecular weight excluding hydrogens is 496 g/mol. The van der Waals surface area contributed by atoms with E-state index < -0.39 is 11.9 Å². The number of piperazine rings is 1. The Kier molecular flexibility index (Phi) is 6.25. The highest BCUT2D eigenvalue weighted by molar-refractivity contribution is 6.16. The molecular formula is C28H26N8O3. The zero-order chi connectivity index (χ0) is 26.9. The van der Waals surface area contributed by atoms with Gasteiger partial charge in [0.1, 0.15) is 5.75 Å². The molecule has 0 bridgehead atoms. The van der Waals surface area contributed by atoms with Crippen molar-refractivity contribution in [3.63, 3.8) is 0 Å². The number of benzene rings is 2. The summed E-state index contributed by atoms with van der Waals surface area (Å²) in [4.78, 5) is 33.1. The van der Waals surface area contributed by atoms with Crippen LogP contribution in [0, 0.1) is 0 Å². The van der Waals surface area contributed by atoms with E-state index in [1.807, 2.05) is 18.2 Å². The summed E-state index contributed by atoms with van der Waals surface area (Å²) in [5.41, 5.74) is 4.78. The van der Waals surface area contributed by atoms with E-state index in [4.69, 9.17) is 0 Å². The number of pyridine rings is 1. The highest BCUT2D eigenvalue weighted by Gasteiger charge is 2.26. The summed E-state index contributed by atoms with van der Waals surface area (Å²) in [6.07, 6.45) is 2.91. The van der Waals surface area contributed by atoms with Gasteiger partial charge in [0.25, 0.3) is 5.91 Å². The standard InChI is InChI=1S/C28H26N8O3/c1-35-13-15-36(16-14-35)19-7-5-17(6-8-19)24-23-25(32-31-24)20-3-2-4-21(22(20)26(23)37)30-28(39)34-33-27(38)18-9-11-29-12-10-18/h2-12,31-32,37H,13-16H2,1H3,(H,30,39). The van der Waals surface area contributed by atoms with Crippen molar-refractivity contribution < 1.29 is 14.7 Å². The van der Waals surface area contributed by atoms with Gasteiger partial charge in [-0.25, -0.2) is 4.79 Å². The predicted molar refractivity (Wildman–Crippen MR) is 149 cm³/mol. The van der Waals surface area contributed by atoms with Gasteiger partial charge in [0.2, 0.25) is 0 Å². The van der Waals surface area contributed by atoms with Gasteiger partial charge in [-0.15, -0.1) is 5.11 Å². The number of urea groups is 1. The first kappa shape index (κ1) is 24.3. The first-order valence-corrected chi connectivity index (χ1v) is 12.5. The van der Waals surface area contributed by atoms with Gasteiger partial charge in [-0.1, -0.05) is 29.4 Å².